The number of methoxy groups -OCH3 is 2. The number of nitrogens with zero attached hydrogens (tertiary/aromatic N) is 1. The zero-order chi connectivity index (χ0) is 20.1. The van der Waals surface area contributed by atoms with Crippen molar-refractivity contribution in [1.29, 1.82) is 0 Å². The van der Waals surface area contributed by atoms with E-state index in [0.717, 1.165) is 5.56 Å². The van der Waals surface area contributed by atoms with Crippen molar-refractivity contribution in [2.24, 2.45) is 0 Å². The van der Waals surface area contributed by atoms with Crippen LogP contribution in [0.3, 0.4) is 0 Å². The Bertz CT molecular complexity index is 874. The first kappa shape index (κ1) is 19.6. The van der Waals surface area contributed by atoms with Crippen LogP contribution in [0.1, 0.15) is 23.6 Å². The molecule has 0 saturated carbocycles. The van der Waals surface area contributed by atoms with Crippen LogP contribution >= 0.6 is 0 Å². The topological polar surface area (TPSA) is 76.1 Å². The highest BCUT2D eigenvalue weighted by atomic mass is 16.5. The molecule has 1 aliphatic heterocycles. The first-order valence-electron chi connectivity index (χ1n) is 9.05. The smallest absolute Gasteiger partial charge is 0.295 e. The second-order valence-corrected chi connectivity index (χ2v) is 6.48. The minimum Gasteiger partial charge on any atom is -0.507 e. The fourth-order valence-electron chi connectivity index (χ4n) is 3.38. The number of hydrogen-bond donors (Lipinski definition) is 1. The Hall–Kier alpha value is -3.12. The standard InChI is InChI=1S/C22H23NO5/c1-27-14-6-13-23-19(15-7-4-3-5-8-15)18(21(25)22(23)26)20(24)16-9-11-17(28-2)12-10-16/h3-5,7-12,19,24H,6,13-14H2,1-2H3/t19-/m0/s1. The molecule has 2 aromatic rings. The summed E-state index contributed by atoms with van der Waals surface area (Å²) < 4.78 is 10.2. The third kappa shape index (κ3) is 3.77. The number of aliphatic hydroxyl groups excluding tert-OH is 1. The number of likely N-dealkylation sites (tertiary alicyclic amines) is 1. The zero-order valence-electron chi connectivity index (χ0n) is 15.9. The molecule has 6 nitrogen and oxygen atoms in total. The molecule has 1 heterocycles. The number of amides is 1. The molecule has 1 saturated heterocycles. The summed E-state index contributed by atoms with van der Waals surface area (Å²) in [6.07, 6.45) is 0.593. The molecule has 0 unspecified atom stereocenters. The van der Waals surface area contributed by atoms with Crippen molar-refractivity contribution in [2.75, 3.05) is 27.4 Å². The fraction of sp³-hybridized carbons (Fsp3) is 0.273. The molecule has 1 N–H and O–H groups in total. The molecule has 0 aliphatic carbocycles. The highest BCUT2D eigenvalue weighted by molar-refractivity contribution is 6.46. The average Bonchev–Trinajstić information content (AvgIpc) is 2.99. The normalized spacial score (nSPS) is 18.5. The molecular formula is C22H23NO5. The van der Waals surface area contributed by atoms with Crippen LogP contribution in [-0.2, 0) is 14.3 Å². The molecule has 146 valence electrons. The van der Waals surface area contributed by atoms with E-state index in [9.17, 15) is 14.7 Å². The fourth-order valence-corrected chi connectivity index (χ4v) is 3.38. The molecule has 1 aliphatic rings. The first-order valence-corrected chi connectivity index (χ1v) is 9.05. The highest BCUT2D eigenvalue weighted by Crippen LogP contribution is 2.39. The summed E-state index contributed by atoms with van der Waals surface area (Å²) in [7, 11) is 3.14. The molecule has 3 rings (SSSR count). The predicted octanol–water partition coefficient (Wildman–Crippen LogP) is 3.15. The van der Waals surface area contributed by atoms with Crippen LogP contribution in [0.2, 0.25) is 0 Å². The van der Waals surface area contributed by atoms with Gasteiger partial charge in [-0.15, -0.1) is 0 Å². The van der Waals surface area contributed by atoms with Gasteiger partial charge in [0.15, 0.2) is 0 Å². The maximum Gasteiger partial charge on any atom is 0.295 e. The van der Waals surface area contributed by atoms with E-state index < -0.39 is 17.7 Å². The Morgan fingerprint density at radius 1 is 1.04 bits per heavy atom. The van der Waals surface area contributed by atoms with Gasteiger partial charge >= 0.3 is 0 Å². The van der Waals surface area contributed by atoms with Crippen molar-refractivity contribution in [3.63, 3.8) is 0 Å². The summed E-state index contributed by atoms with van der Waals surface area (Å²) in [6.45, 7) is 0.834. The quantitative estimate of drug-likeness (QED) is 0.345. The Labute approximate surface area is 164 Å². The van der Waals surface area contributed by atoms with Gasteiger partial charge in [0, 0.05) is 25.8 Å². The molecule has 0 bridgehead atoms. The largest absolute Gasteiger partial charge is 0.507 e. The summed E-state index contributed by atoms with van der Waals surface area (Å²) >= 11 is 0. The monoisotopic (exact) mass is 381 g/mol. The number of carbonyl (C=O) groups excluding carboxylic acids is 2. The summed E-state index contributed by atoms with van der Waals surface area (Å²) in [5.74, 6) is -0.847. The Morgan fingerprint density at radius 3 is 2.32 bits per heavy atom. The third-order valence-corrected chi connectivity index (χ3v) is 4.77. The Kier molecular flexibility index (Phi) is 6.11. The Morgan fingerprint density at radius 2 is 1.71 bits per heavy atom. The van der Waals surface area contributed by atoms with Crippen molar-refractivity contribution in [1.82, 2.24) is 4.90 Å². The van der Waals surface area contributed by atoms with Gasteiger partial charge in [0.1, 0.15) is 11.5 Å². The van der Waals surface area contributed by atoms with E-state index in [1.165, 1.54) is 4.90 Å². The molecule has 1 atom stereocenters. The number of aliphatic hydroxyl groups is 1. The number of ether oxygens (including phenoxy) is 2. The van der Waals surface area contributed by atoms with E-state index >= 15 is 0 Å². The van der Waals surface area contributed by atoms with Crippen LogP contribution in [0, 0.1) is 0 Å². The zero-order valence-corrected chi connectivity index (χ0v) is 15.9. The number of Topliss-reactive ketones (excluding diaryl/α,β-unsaturated/α-hetero) is 1. The number of hydrogen-bond acceptors (Lipinski definition) is 5. The maximum absolute atomic E-state index is 12.8. The lowest BCUT2D eigenvalue weighted by Crippen LogP contribution is -2.31. The second kappa shape index (κ2) is 8.71. The van der Waals surface area contributed by atoms with Crippen LogP contribution in [0.25, 0.3) is 5.76 Å². The third-order valence-electron chi connectivity index (χ3n) is 4.77. The van der Waals surface area contributed by atoms with Crippen molar-refractivity contribution in [3.05, 3.63) is 71.3 Å². The van der Waals surface area contributed by atoms with Gasteiger partial charge in [0.25, 0.3) is 11.7 Å². The van der Waals surface area contributed by atoms with E-state index in [1.807, 2.05) is 30.3 Å². The molecule has 0 aromatic heterocycles. The van der Waals surface area contributed by atoms with E-state index in [4.69, 9.17) is 9.47 Å². The van der Waals surface area contributed by atoms with E-state index in [-0.39, 0.29) is 11.3 Å². The van der Waals surface area contributed by atoms with Crippen LogP contribution in [0.15, 0.2) is 60.2 Å². The summed E-state index contributed by atoms with van der Waals surface area (Å²) in [6, 6.07) is 15.3. The number of ketones is 1. The van der Waals surface area contributed by atoms with E-state index in [0.29, 0.717) is 30.9 Å². The number of carbonyl (C=O) groups is 2. The highest BCUT2D eigenvalue weighted by Gasteiger charge is 2.45. The van der Waals surface area contributed by atoms with Crippen molar-refractivity contribution in [3.8, 4) is 5.75 Å². The summed E-state index contributed by atoms with van der Waals surface area (Å²) in [5, 5.41) is 10.9. The van der Waals surface area contributed by atoms with Gasteiger partial charge in [-0.2, -0.15) is 0 Å². The minimum absolute atomic E-state index is 0.0961. The lowest BCUT2D eigenvalue weighted by molar-refractivity contribution is -0.140. The van der Waals surface area contributed by atoms with Gasteiger partial charge in [-0.1, -0.05) is 30.3 Å². The van der Waals surface area contributed by atoms with Gasteiger partial charge in [-0.05, 0) is 36.2 Å². The average molecular weight is 381 g/mol. The van der Waals surface area contributed by atoms with Gasteiger partial charge < -0.3 is 19.5 Å². The molecule has 1 amide bonds. The van der Waals surface area contributed by atoms with Crippen molar-refractivity contribution in [2.45, 2.75) is 12.5 Å². The molecule has 6 heteroatoms. The van der Waals surface area contributed by atoms with Crippen LogP contribution < -0.4 is 4.74 Å². The predicted molar refractivity (Wildman–Crippen MR) is 105 cm³/mol. The second-order valence-electron chi connectivity index (χ2n) is 6.48. The van der Waals surface area contributed by atoms with Gasteiger partial charge in [-0.3, -0.25) is 9.59 Å². The molecular weight excluding hydrogens is 358 g/mol. The van der Waals surface area contributed by atoms with Gasteiger partial charge in [-0.25, -0.2) is 0 Å². The van der Waals surface area contributed by atoms with Crippen LogP contribution in [0.4, 0.5) is 0 Å². The summed E-state index contributed by atoms with van der Waals surface area (Å²) in [5.41, 5.74) is 1.32. The van der Waals surface area contributed by atoms with Gasteiger partial charge in [0.2, 0.25) is 0 Å². The number of rotatable bonds is 7. The molecule has 0 radical (unpaired) electrons. The molecule has 1 fully saturated rings. The Balaban J connectivity index is 2.07. The SMILES string of the molecule is COCCCN1C(=O)C(=O)C(=C(O)c2ccc(OC)cc2)[C@@H]1c1ccccc1. The van der Waals surface area contributed by atoms with Crippen molar-refractivity contribution < 1.29 is 24.2 Å². The van der Waals surface area contributed by atoms with Crippen molar-refractivity contribution >= 4 is 17.4 Å². The lowest BCUT2D eigenvalue weighted by atomic mass is 9.95. The summed E-state index contributed by atoms with van der Waals surface area (Å²) in [4.78, 5) is 27.0. The van der Waals surface area contributed by atoms with E-state index in [1.54, 1.807) is 38.5 Å². The first-order chi connectivity index (χ1) is 13.6. The molecule has 28 heavy (non-hydrogen) atoms. The lowest BCUT2D eigenvalue weighted by Gasteiger charge is -2.25. The van der Waals surface area contributed by atoms with Gasteiger partial charge in [0.05, 0.1) is 18.7 Å². The molecule has 0 spiro atoms. The molecule has 2 aromatic carbocycles. The number of benzene rings is 2. The van der Waals surface area contributed by atoms with Crippen LogP contribution in [-0.4, -0.2) is 49.1 Å². The van der Waals surface area contributed by atoms with E-state index in [2.05, 4.69) is 0 Å². The van der Waals surface area contributed by atoms with Crippen LogP contribution in [0.5, 0.6) is 5.75 Å². The maximum atomic E-state index is 12.8. The minimum atomic E-state index is -0.681.